The molecule has 2 rings (SSSR count). The maximum atomic E-state index is 9.02. The zero-order valence-corrected chi connectivity index (χ0v) is 9.06. The van der Waals surface area contributed by atoms with E-state index in [-0.39, 0.29) is 6.61 Å². The van der Waals surface area contributed by atoms with E-state index in [1.165, 1.54) is 19.3 Å². The van der Waals surface area contributed by atoms with Gasteiger partial charge in [-0.1, -0.05) is 0 Å². The minimum absolute atomic E-state index is 0.160. The molecule has 82 valence electrons. The minimum Gasteiger partial charge on any atom is -0.395 e. The van der Waals surface area contributed by atoms with Gasteiger partial charge in [0.1, 0.15) is 0 Å². The van der Waals surface area contributed by atoms with Crippen LogP contribution in [0, 0.1) is 6.92 Å². The van der Waals surface area contributed by atoms with Gasteiger partial charge >= 0.3 is 0 Å². The molecule has 0 saturated heterocycles. The predicted molar refractivity (Wildman–Crippen MR) is 58.8 cm³/mol. The lowest BCUT2D eigenvalue weighted by atomic mass is 9.92. The van der Waals surface area contributed by atoms with Crippen LogP contribution in [0.2, 0.25) is 0 Å². The second kappa shape index (κ2) is 4.57. The molecular weight excluding hydrogens is 190 g/mol. The molecule has 0 unspecified atom stereocenters. The fraction of sp³-hybridized carbons (Fsp3) is 0.636. The Kier molecular flexibility index (Phi) is 3.16. The van der Waals surface area contributed by atoms with Gasteiger partial charge in [-0.15, -0.1) is 0 Å². The zero-order valence-electron chi connectivity index (χ0n) is 9.06. The Labute approximate surface area is 90.0 Å². The lowest BCUT2D eigenvalue weighted by Crippen LogP contribution is -2.42. The van der Waals surface area contributed by atoms with Crippen molar-refractivity contribution in [3.63, 3.8) is 0 Å². The summed E-state index contributed by atoms with van der Waals surface area (Å²) < 4.78 is 0. The van der Waals surface area contributed by atoms with Crippen molar-refractivity contribution in [1.82, 2.24) is 9.97 Å². The number of aliphatic hydroxyl groups excluding tert-OH is 1. The van der Waals surface area contributed by atoms with Crippen LogP contribution in [0.5, 0.6) is 0 Å². The quantitative estimate of drug-likeness (QED) is 0.804. The van der Waals surface area contributed by atoms with Crippen LogP contribution in [-0.2, 0) is 0 Å². The zero-order chi connectivity index (χ0) is 10.7. The third kappa shape index (κ3) is 2.26. The van der Waals surface area contributed by atoms with Gasteiger partial charge in [-0.05, 0) is 31.7 Å². The van der Waals surface area contributed by atoms with Crippen molar-refractivity contribution in [3.8, 4) is 0 Å². The summed E-state index contributed by atoms with van der Waals surface area (Å²) in [5.41, 5.74) is 1.07. The minimum atomic E-state index is 0.160. The second-order valence-corrected chi connectivity index (χ2v) is 4.06. The van der Waals surface area contributed by atoms with Crippen LogP contribution in [0.25, 0.3) is 0 Å². The van der Waals surface area contributed by atoms with E-state index in [9.17, 15) is 0 Å². The second-order valence-electron chi connectivity index (χ2n) is 4.06. The Morgan fingerprint density at radius 3 is 2.53 bits per heavy atom. The van der Waals surface area contributed by atoms with Crippen LogP contribution in [-0.4, -0.2) is 34.3 Å². The number of hydrogen-bond acceptors (Lipinski definition) is 4. The van der Waals surface area contributed by atoms with Gasteiger partial charge < -0.3 is 10.0 Å². The molecular formula is C11H17N3O. The molecule has 0 aliphatic heterocycles. The highest BCUT2D eigenvalue weighted by Crippen LogP contribution is 2.26. The topological polar surface area (TPSA) is 49.2 Å². The number of aliphatic hydroxyl groups is 1. The fourth-order valence-corrected chi connectivity index (χ4v) is 1.79. The van der Waals surface area contributed by atoms with E-state index in [0.717, 1.165) is 11.5 Å². The maximum absolute atomic E-state index is 9.02. The van der Waals surface area contributed by atoms with E-state index in [4.69, 9.17) is 5.11 Å². The highest BCUT2D eigenvalue weighted by atomic mass is 16.3. The largest absolute Gasteiger partial charge is 0.395 e. The Balaban J connectivity index is 2.12. The molecule has 1 aromatic heterocycles. The lowest BCUT2D eigenvalue weighted by Gasteiger charge is -2.37. The Morgan fingerprint density at radius 2 is 2.07 bits per heavy atom. The molecule has 1 aliphatic carbocycles. The standard InChI is InChI=1S/C11H17N3O/c1-9-7-12-11(13-8-9)14(5-6-15)10-3-2-4-10/h7-8,10,15H,2-6H2,1H3. The predicted octanol–water partition coefficient (Wildman–Crippen LogP) is 1.14. The van der Waals surface area contributed by atoms with Crippen molar-refractivity contribution in [3.05, 3.63) is 18.0 Å². The molecule has 0 spiro atoms. The first-order chi connectivity index (χ1) is 7.31. The molecule has 0 aromatic carbocycles. The molecule has 1 N–H and O–H groups in total. The average Bonchev–Trinajstić information content (AvgIpc) is 2.16. The Bertz CT molecular complexity index is 308. The third-order valence-corrected chi connectivity index (χ3v) is 2.88. The van der Waals surface area contributed by atoms with Crippen LogP contribution in [0.3, 0.4) is 0 Å². The van der Waals surface area contributed by atoms with Gasteiger partial charge in [0.05, 0.1) is 6.61 Å². The van der Waals surface area contributed by atoms with E-state index in [2.05, 4.69) is 14.9 Å². The molecule has 4 nitrogen and oxygen atoms in total. The lowest BCUT2D eigenvalue weighted by molar-refractivity contribution is 0.282. The molecule has 1 fully saturated rings. The van der Waals surface area contributed by atoms with Gasteiger partial charge in [0.25, 0.3) is 0 Å². The fourth-order valence-electron chi connectivity index (χ4n) is 1.79. The van der Waals surface area contributed by atoms with Gasteiger partial charge in [-0.2, -0.15) is 0 Å². The molecule has 0 bridgehead atoms. The van der Waals surface area contributed by atoms with Crippen LogP contribution in [0.4, 0.5) is 5.95 Å². The first-order valence-corrected chi connectivity index (χ1v) is 5.47. The Morgan fingerprint density at radius 1 is 1.40 bits per heavy atom. The summed E-state index contributed by atoms with van der Waals surface area (Å²) in [5, 5.41) is 9.02. The monoisotopic (exact) mass is 207 g/mol. The third-order valence-electron chi connectivity index (χ3n) is 2.88. The summed E-state index contributed by atoms with van der Waals surface area (Å²) in [6.45, 7) is 2.77. The normalized spacial score (nSPS) is 16.1. The first-order valence-electron chi connectivity index (χ1n) is 5.47. The molecule has 1 aliphatic rings. The van der Waals surface area contributed by atoms with Gasteiger partial charge in [0, 0.05) is 25.0 Å². The van der Waals surface area contributed by atoms with Crippen molar-refractivity contribution in [2.24, 2.45) is 0 Å². The van der Waals surface area contributed by atoms with Crippen LogP contribution in [0.15, 0.2) is 12.4 Å². The summed E-state index contributed by atoms with van der Waals surface area (Å²) in [6.07, 6.45) is 7.31. The van der Waals surface area contributed by atoms with E-state index >= 15 is 0 Å². The average molecular weight is 207 g/mol. The van der Waals surface area contributed by atoms with Gasteiger partial charge in [-0.25, -0.2) is 9.97 Å². The summed E-state index contributed by atoms with van der Waals surface area (Å²) in [6, 6.07) is 0.528. The number of rotatable bonds is 4. The molecule has 0 amide bonds. The first kappa shape index (κ1) is 10.4. The number of hydrogen-bond donors (Lipinski definition) is 1. The highest BCUT2D eigenvalue weighted by molar-refractivity contribution is 5.32. The van der Waals surface area contributed by atoms with Crippen LogP contribution < -0.4 is 4.90 Å². The summed E-state index contributed by atoms with van der Waals surface area (Å²) in [4.78, 5) is 10.7. The molecule has 4 heteroatoms. The van der Waals surface area contributed by atoms with Crippen LogP contribution in [0.1, 0.15) is 24.8 Å². The SMILES string of the molecule is Cc1cnc(N(CCO)C2CCC2)nc1. The number of aromatic nitrogens is 2. The molecule has 1 saturated carbocycles. The molecule has 0 radical (unpaired) electrons. The van der Waals surface area contributed by atoms with Crippen molar-refractivity contribution in [1.29, 1.82) is 0 Å². The van der Waals surface area contributed by atoms with Crippen LogP contribution >= 0.6 is 0 Å². The number of aryl methyl sites for hydroxylation is 1. The summed E-state index contributed by atoms with van der Waals surface area (Å²) in [7, 11) is 0. The van der Waals surface area contributed by atoms with Crippen molar-refractivity contribution < 1.29 is 5.11 Å². The molecule has 1 heterocycles. The van der Waals surface area contributed by atoms with Gasteiger partial charge in [0.2, 0.25) is 5.95 Å². The number of anilines is 1. The highest BCUT2D eigenvalue weighted by Gasteiger charge is 2.26. The van der Waals surface area contributed by atoms with E-state index in [1.54, 1.807) is 0 Å². The van der Waals surface area contributed by atoms with E-state index in [1.807, 2.05) is 19.3 Å². The molecule has 15 heavy (non-hydrogen) atoms. The Hall–Kier alpha value is -1.16. The van der Waals surface area contributed by atoms with Crippen molar-refractivity contribution in [2.45, 2.75) is 32.2 Å². The maximum Gasteiger partial charge on any atom is 0.225 e. The van der Waals surface area contributed by atoms with Crippen molar-refractivity contribution >= 4 is 5.95 Å². The molecule has 0 atom stereocenters. The van der Waals surface area contributed by atoms with E-state index < -0.39 is 0 Å². The summed E-state index contributed by atoms with van der Waals surface area (Å²) >= 11 is 0. The van der Waals surface area contributed by atoms with E-state index in [0.29, 0.717) is 12.6 Å². The van der Waals surface area contributed by atoms with Crippen molar-refractivity contribution in [2.75, 3.05) is 18.1 Å². The molecule has 1 aromatic rings. The number of nitrogens with zero attached hydrogens (tertiary/aromatic N) is 3. The summed E-state index contributed by atoms with van der Waals surface area (Å²) in [5.74, 6) is 0.749. The van der Waals surface area contributed by atoms with Gasteiger partial charge in [-0.3, -0.25) is 0 Å². The smallest absolute Gasteiger partial charge is 0.225 e. The van der Waals surface area contributed by atoms with Gasteiger partial charge in [0.15, 0.2) is 0 Å².